The summed E-state index contributed by atoms with van der Waals surface area (Å²) in [5, 5.41) is 23.1. The van der Waals surface area contributed by atoms with Crippen molar-refractivity contribution in [3.8, 4) is 0 Å². The van der Waals surface area contributed by atoms with E-state index >= 15 is 0 Å². The Labute approximate surface area is 793 Å². The Kier molecular flexibility index (Phi) is 55.1. The van der Waals surface area contributed by atoms with E-state index in [-0.39, 0.29) is 32.0 Å². The Bertz CT molecular complexity index is 4740. The second kappa shape index (κ2) is 67.9. The van der Waals surface area contributed by atoms with Gasteiger partial charge in [-0.25, -0.2) is 24.0 Å². The lowest BCUT2D eigenvalue weighted by atomic mass is 10.0. The van der Waals surface area contributed by atoms with Crippen molar-refractivity contribution >= 4 is 89.4 Å². The number of benzene rings is 10. The van der Waals surface area contributed by atoms with E-state index in [1.54, 1.807) is 104 Å². The van der Waals surface area contributed by atoms with Gasteiger partial charge in [-0.1, -0.05) is 316 Å². The zero-order valence-corrected chi connectivity index (χ0v) is 79.7. The zero-order chi connectivity index (χ0) is 94.6. The molecule has 0 saturated heterocycles. The fourth-order valence-corrected chi connectivity index (χ4v) is 14.6. The third-order valence-corrected chi connectivity index (χ3v) is 22.6. The van der Waals surface area contributed by atoms with Gasteiger partial charge in [0.15, 0.2) is 0 Å². The van der Waals surface area contributed by atoms with Crippen LogP contribution in [0.3, 0.4) is 0 Å². The molecule has 0 saturated carbocycles. The Morgan fingerprint density at radius 1 is 0.218 bits per heavy atom. The van der Waals surface area contributed by atoms with Crippen molar-refractivity contribution in [2.75, 3.05) is 33.2 Å². The molecular formula is C116H145N5O12. The Morgan fingerprint density at radius 2 is 0.383 bits per heavy atom. The number of aliphatic hydroxyl groups is 2. The molecule has 0 aromatic heterocycles. The fraction of sp³-hybridized carbons (Fsp3) is 0.397. The first-order valence-corrected chi connectivity index (χ1v) is 49.0. The number of aliphatic imine (C=N–C) groups is 5. The molecule has 17 nitrogen and oxygen atoms in total. The molecule has 17 heteroatoms. The van der Waals surface area contributed by atoms with E-state index in [2.05, 4.69) is 145 Å². The summed E-state index contributed by atoms with van der Waals surface area (Å²) in [4.78, 5) is 83.7. The number of esters is 4. The number of rotatable bonds is 57. The number of carboxylic acids is 1. The van der Waals surface area contributed by atoms with Gasteiger partial charge < -0.3 is 34.3 Å². The molecule has 0 spiro atoms. The van der Waals surface area contributed by atoms with E-state index < -0.39 is 36.6 Å². The molecule has 0 amide bonds. The fourth-order valence-electron chi connectivity index (χ4n) is 14.6. The minimum absolute atomic E-state index is 0.0366. The van der Waals surface area contributed by atoms with E-state index in [1.165, 1.54) is 220 Å². The van der Waals surface area contributed by atoms with Crippen molar-refractivity contribution in [2.45, 2.75) is 266 Å². The molecule has 0 aliphatic heterocycles. The first kappa shape index (κ1) is 108. The molecule has 706 valence electrons. The highest BCUT2D eigenvalue weighted by Gasteiger charge is 2.14. The Balaban J connectivity index is 0.000000284. The molecule has 0 radical (unpaired) electrons. The van der Waals surface area contributed by atoms with E-state index in [1.807, 2.05) is 84.9 Å². The van der Waals surface area contributed by atoms with E-state index in [0.29, 0.717) is 28.7 Å². The first-order chi connectivity index (χ1) is 65.2. The maximum absolute atomic E-state index is 12.5. The van der Waals surface area contributed by atoms with Crippen LogP contribution in [0.4, 0.5) is 28.4 Å². The third-order valence-electron chi connectivity index (χ3n) is 22.6. The number of ether oxygens (including phenoxy) is 4. The molecule has 10 aromatic rings. The number of unbranched alkanes of at least 4 members (excludes halogenated alkanes) is 25. The summed E-state index contributed by atoms with van der Waals surface area (Å²) in [5.41, 5.74) is 17.7. The average molecular weight is 1800 g/mol. The van der Waals surface area contributed by atoms with E-state index in [9.17, 15) is 24.0 Å². The van der Waals surface area contributed by atoms with E-state index in [0.717, 1.165) is 88.4 Å². The molecule has 10 rings (SSSR count). The minimum Gasteiger partial charge on any atom is -0.478 e. The lowest BCUT2D eigenvalue weighted by Gasteiger charge is -2.07. The van der Waals surface area contributed by atoms with Crippen molar-refractivity contribution in [1.29, 1.82) is 0 Å². The summed E-state index contributed by atoms with van der Waals surface area (Å²) in [6.07, 6.45) is 54.0. The van der Waals surface area contributed by atoms with Gasteiger partial charge in [-0.05, 0) is 241 Å². The number of nitrogens with zero attached hydrogens (tertiary/aromatic N) is 5. The zero-order valence-electron chi connectivity index (χ0n) is 79.7. The summed E-state index contributed by atoms with van der Waals surface area (Å²) < 4.78 is 21.4. The molecule has 3 N–H and O–H groups in total. The Hall–Kier alpha value is -12.2. The summed E-state index contributed by atoms with van der Waals surface area (Å²) in [6, 6.07) is 77.1. The van der Waals surface area contributed by atoms with Crippen LogP contribution in [0.5, 0.6) is 0 Å². The molecule has 0 unspecified atom stereocenters. The number of carbonyl (C=O) groups is 5. The van der Waals surface area contributed by atoms with Gasteiger partial charge in [-0.15, -0.1) is 0 Å². The highest BCUT2D eigenvalue weighted by Crippen LogP contribution is 2.24. The minimum atomic E-state index is -0.913. The first-order valence-electron chi connectivity index (χ1n) is 49.0. The Morgan fingerprint density at radius 3 is 0.564 bits per heavy atom. The summed E-state index contributed by atoms with van der Waals surface area (Å²) in [5.74, 6) is -2.69. The maximum Gasteiger partial charge on any atom is 0.338 e. The molecule has 0 atom stereocenters. The highest BCUT2D eigenvalue weighted by molar-refractivity contribution is 5.94. The SMILES string of the molecule is CCCCCCCCc1ccc(N=Cc2ccc(C(=O)O)cc2)cc1.CCCCCCCCc1ccc(N=Cc2ccc(C(=O)OCCCOC(=O)c3ccc(C=Nc4ccc(CCCCCCCC)cc4)cc3)cc2)cc1.CCCCCCCCc1ccc(N=Cc2ccc(C(=O)OCCOC(=O)c3ccc(C=Nc4ccc(CCCCCCCC)cc4)cc3)cc2)cc1.OCO. The van der Waals surface area contributed by atoms with E-state index in [4.69, 9.17) is 34.3 Å². The molecule has 0 aliphatic rings. The van der Waals surface area contributed by atoms with Crippen LogP contribution in [0.25, 0.3) is 0 Å². The van der Waals surface area contributed by atoms with Crippen LogP contribution < -0.4 is 0 Å². The van der Waals surface area contributed by atoms with Crippen molar-refractivity contribution in [3.05, 3.63) is 326 Å². The average Bonchev–Trinajstić information content (AvgIpc) is 0.882. The molecule has 10 aromatic carbocycles. The molecule has 0 bridgehead atoms. The summed E-state index contributed by atoms with van der Waals surface area (Å²) in [7, 11) is 0. The number of hydrogen-bond acceptors (Lipinski definition) is 16. The van der Waals surface area contributed by atoms with Crippen LogP contribution in [-0.4, -0.2) is 109 Å². The normalized spacial score (nSPS) is 11.2. The number of aliphatic hydroxyl groups excluding tert-OH is 1. The lowest BCUT2D eigenvalue weighted by Crippen LogP contribution is -2.14. The smallest absolute Gasteiger partial charge is 0.338 e. The van der Waals surface area contributed by atoms with Gasteiger partial charge in [0.25, 0.3) is 0 Å². The van der Waals surface area contributed by atoms with Gasteiger partial charge in [-0.2, -0.15) is 0 Å². The van der Waals surface area contributed by atoms with Crippen molar-refractivity contribution in [2.24, 2.45) is 25.0 Å². The van der Waals surface area contributed by atoms with Crippen LogP contribution in [0, 0.1) is 0 Å². The number of carboxylic acid groups (broad SMARTS) is 1. The number of hydrogen-bond donors (Lipinski definition) is 3. The van der Waals surface area contributed by atoms with Gasteiger partial charge in [0.1, 0.15) is 20.0 Å². The standard InChI is InChI=1S/C47H58N2O4.C46H56N2O4.C22H27NO2.CH4O2/c1-3-5-7-9-11-13-16-38-22-30-44(31-23-38)48-36-40-18-26-42(27-19-40)46(50)52-34-15-35-53-47(51)43-28-20-41(21-29-43)37-49-45-32-24-39(25-33-45)17-14-12-10-8-6-4-2;1-3-5-7-9-11-13-15-37-21-29-43(30-22-37)47-35-39-17-25-41(26-18-39)45(49)51-33-34-52-46(50)42-27-19-40(20-28-42)36-48-44-31-23-38(24-32-44)16-14-12-10-8-6-4-2;1-2-3-4-5-6-7-8-18-11-15-21(16-12-18)23-17-19-9-13-20(14-10-19)22(24)25;2-1-3/h18-33,36-37H,3-17,34-35H2,1-2H3;17-32,35-36H,3-16,33-34H2,1-2H3;9-17H,2-8H2,1H3,(H,24,25);2-3H,1H2. The van der Waals surface area contributed by atoms with Crippen molar-refractivity contribution < 1.29 is 58.2 Å². The second-order valence-electron chi connectivity index (χ2n) is 33.7. The monoisotopic (exact) mass is 1800 g/mol. The lowest BCUT2D eigenvalue weighted by molar-refractivity contribution is 0.0265. The number of aromatic carboxylic acids is 1. The van der Waals surface area contributed by atoms with Gasteiger partial charge in [-0.3, -0.25) is 25.0 Å². The van der Waals surface area contributed by atoms with Gasteiger partial charge >= 0.3 is 29.8 Å². The van der Waals surface area contributed by atoms with Crippen LogP contribution in [-0.2, 0) is 51.1 Å². The maximum atomic E-state index is 12.5. The number of aryl methyl sites for hydroxylation is 5. The molecule has 0 aliphatic carbocycles. The third kappa shape index (κ3) is 47.2. The van der Waals surface area contributed by atoms with Gasteiger partial charge in [0.2, 0.25) is 0 Å². The largest absolute Gasteiger partial charge is 0.478 e. The number of carbonyl (C=O) groups excluding carboxylic acids is 4. The molecule has 0 fully saturated rings. The van der Waals surface area contributed by atoms with Crippen LogP contribution in [0.2, 0.25) is 0 Å². The predicted molar refractivity (Wildman–Crippen MR) is 548 cm³/mol. The van der Waals surface area contributed by atoms with Crippen LogP contribution >= 0.6 is 0 Å². The summed E-state index contributed by atoms with van der Waals surface area (Å²) >= 11 is 0. The van der Waals surface area contributed by atoms with Gasteiger partial charge in [0, 0.05) is 37.5 Å². The van der Waals surface area contributed by atoms with Crippen molar-refractivity contribution in [3.63, 3.8) is 0 Å². The molecule has 0 heterocycles. The van der Waals surface area contributed by atoms with Crippen LogP contribution in [0.15, 0.2) is 268 Å². The molecular weight excluding hydrogens is 1660 g/mol. The highest BCUT2D eigenvalue weighted by atomic mass is 16.6. The topological polar surface area (TPSA) is 245 Å². The van der Waals surface area contributed by atoms with Crippen molar-refractivity contribution in [1.82, 2.24) is 0 Å². The second-order valence-corrected chi connectivity index (χ2v) is 33.7. The summed E-state index contributed by atoms with van der Waals surface area (Å²) in [6.45, 7) is 10.7. The van der Waals surface area contributed by atoms with Gasteiger partial charge in [0.05, 0.1) is 69.5 Å². The predicted octanol–water partition coefficient (Wildman–Crippen LogP) is 29.4. The quantitative estimate of drug-likeness (QED) is 0.0106. The molecule has 133 heavy (non-hydrogen) atoms. The van der Waals surface area contributed by atoms with Crippen LogP contribution in [0.1, 0.15) is 341 Å².